The summed E-state index contributed by atoms with van der Waals surface area (Å²) < 4.78 is 17.7. The molecule has 0 unspecified atom stereocenters. The number of para-hydroxylation sites is 1. The molecule has 3 aromatic carbocycles. The van der Waals surface area contributed by atoms with Crippen molar-refractivity contribution >= 4 is 11.0 Å². The van der Waals surface area contributed by atoms with Gasteiger partial charge in [0.25, 0.3) is 0 Å². The Morgan fingerprint density at radius 1 is 0.759 bits per heavy atom. The number of fused-ring (bicyclic) bond motifs is 1. The van der Waals surface area contributed by atoms with Gasteiger partial charge in [-0.25, -0.2) is 0 Å². The third-order valence-electron chi connectivity index (χ3n) is 4.24. The summed E-state index contributed by atoms with van der Waals surface area (Å²) in [5.74, 6) is 2.60. The first-order chi connectivity index (χ1) is 13.9. The van der Waals surface area contributed by atoms with E-state index in [1.807, 2.05) is 75.4 Å². The van der Waals surface area contributed by atoms with E-state index in [2.05, 4.69) is 0 Å². The summed E-state index contributed by atoms with van der Waals surface area (Å²) in [5, 5.41) is 0.516. The van der Waals surface area contributed by atoms with Crippen LogP contribution in [0.2, 0.25) is 0 Å². The van der Waals surface area contributed by atoms with Crippen molar-refractivity contribution in [1.29, 1.82) is 0 Å². The molecule has 146 valence electrons. The van der Waals surface area contributed by atoms with Crippen LogP contribution in [0.5, 0.6) is 17.2 Å². The third kappa shape index (κ3) is 4.49. The van der Waals surface area contributed by atoms with Crippen molar-refractivity contribution in [2.75, 3.05) is 0 Å². The lowest BCUT2D eigenvalue weighted by Gasteiger charge is -2.21. The van der Waals surface area contributed by atoms with Gasteiger partial charge in [0.05, 0.1) is 5.39 Å². The molecule has 0 aliphatic rings. The predicted molar refractivity (Wildman–Crippen MR) is 115 cm³/mol. The van der Waals surface area contributed by atoms with Gasteiger partial charge in [0.1, 0.15) is 34.2 Å². The van der Waals surface area contributed by atoms with E-state index >= 15 is 0 Å². The van der Waals surface area contributed by atoms with E-state index in [9.17, 15) is 4.79 Å². The van der Waals surface area contributed by atoms with Gasteiger partial charge in [-0.3, -0.25) is 4.79 Å². The summed E-state index contributed by atoms with van der Waals surface area (Å²) in [6, 6.07) is 23.7. The van der Waals surface area contributed by atoms with Crippen molar-refractivity contribution in [3.8, 4) is 28.6 Å². The molecule has 0 amide bonds. The van der Waals surface area contributed by atoms with Crippen LogP contribution in [-0.4, -0.2) is 5.60 Å². The van der Waals surface area contributed by atoms with Gasteiger partial charge in [-0.1, -0.05) is 18.2 Å². The SMILES string of the molecule is CC(C)(C)Oc1ccc(-c2cc(=O)c3ccc(Oc4ccccc4)cc3o2)cc1. The lowest BCUT2D eigenvalue weighted by atomic mass is 10.1. The van der Waals surface area contributed by atoms with E-state index in [0.29, 0.717) is 22.5 Å². The smallest absolute Gasteiger partial charge is 0.193 e. The molecule has 29 heavy (non-hydrogen) atoms. The number of ether oxygens (including phenoxy) is 2. The first-order valence-corrected chi connectivity index (χ1v) is 9.48. The summed E-state index contributed by atoms with van der Waals surface area (Å²) in [7, 11) is 0. The Bertz CT molecular complexity index is 1180. The van der Waals surface area contributed by atoms with E-state index in [-0.39, 0.29) is 11.0 Å². The Labute approximate surface area is 169 Å². The number of hydrogen-bond donors (Lipinski definition) is 0. The predicted octanol–water partition coefficient (Wildman–Crippen LogP) is 6.43. The minimum absolute atomic E-state index is 0.0949. The van der Waals surface area contributed by atoms with Crippen LogP contribution < -0.4 is 14.9 Å². The number of hydrogen-bond acceptors (Lipinski definition) is 4. The second kappa shape index (κ2) is 7.47. The Balaban J connectivity index is 1.67. The lowest BCUT2D eigenvalue weighted by Crippen LogP contribution is -2.22. The molecule has 0 saturated carbocycles. The van der Waals surface area contributed by atoms with Crippen LogP contribution in [0, 0.1) is 0 Å². The lowest BCUT2D eigenvalue weighted by molar-refractivity contribution is 0.131. The van der Waals surface area contributed by atoms with E-state index in [1.165, 1.54) is 6.07 Å². The molecular formula is C25H22O4. The molecule has 0 saturated heterocycles. The Kier molecular flexibility index (Phi) is 4.85. The highest BCUT2D eigenvalue weighted by molar-refractivity contribution is 5.80. The zero-order valence-corrected chi connectivity index (χ0v) is 16.6. The molecule has 0 spiro atoms. The highest BCUT2D eigenvalue weighted by Gasteiger charge is 2.13. The Hall–Kier alpha value is -3.53. The topological polar surface area (TPSA) is 48.7 Å². The second-order valence-corrected chi connectivity index (χ2v) is 7.79. The zero-order chi connectivity index (χ0) is 20.4. The van der Waals surface area contributed by atoms with E-state index in [1.54, 1.807) is 18.2 Å². The fourth-order valence-electron chi connectivity index (χ4n) is 3.01. The monoisotopic (exact) mass is 386 g/mol. The van der Waals surface area contributed by atoms with Crippen molar-refractivity contribution in [1.82, 2.24) is 0 Å². The molecule has 0 atom stereocenters. The van der Waals surface area contributed by atoms with Crippen LogP contribution in [-0.2, 0) is 0 Å². The fraction of sp³-hybridized carbons (Fsp3) is 0.160. The summed E-state index contributed by atoms with van der Waals surface area (Å²) in [6.07, 6.45) is 0. The van der Waals surface area contributed by atoms with Gasteiger partial charge in [-0.05, 0) is 69.3 Å². The van der Waals surface area contributed by atoms with Crippen LogP contribution >= 0.6 is 0 Å². The van der Waals surface area contributed by atoms with Crippen LogP contribution in [0.15, 0.2) is 88.1 Å². The largest absolute Gasteiger partial charge is 0.488 e. The van der Waals surface area contributed by atoms with Crippen molar-refractivity contribution in [2.45, 2.75) is 26.4 Å². The minimum Gasteiger partial charge on any atom is -0.488 e. The summed E-state index contributed by atoms with van der Waals surface area (Å²) in [6.45, 7) is 6.00. The third-order valence-corrected chi connectivity index (χ3v) is 4.24. The van der Waals surface area contributed by atoms with Gasteiger partial charge in [-0.2, -0.15) is 0 Å². The number of rotatable bonds is 4. The number of benzene rings is 3. The van der Waals surface area contributed by atoms with Gasteiger partial charge in [0, 0.05) is 17.7 Å². The summed E-state index contributed by atoms with van der Waals surface area (Å²) in [5.41, 5.74) is 0.921. The molecule has 0 radical (unpaired) electrons. The van der Waals surface area contributed by atoms with Crippen molar-refractivity contribution < 1.29 is 13.9 Å². The maximum absolute atomic E-state index is 12.6. The molecule has 0 fully saturated rings. The molecular weight excluding hydrogens is 364 g/mol. The zero-order valence-electron chi connectivity index (χ0n) is 16.6. The highest BCUT2D eigenvalue weighted by atomic mass is 16.5. The van der Waals surface area contributed by atoms with Gasteiger partial charge in [-0.15, -0.1) is 0 Å². The molecule has 4 heteroatoms. The van der Waals surface area contributed by atoms with Gasteiger partial charge < -0.3 is 13.9 Å². The van der Waals surface area contributed by atoms with Crippen LogP contribution in [0.3, 0.4) is 0 Å². The molecule has 4 aromatic rings. The van der Waals surface area contributed by atoms with E-state index in [4.69, 9.17) is 13.9 Å². The molecule has 0 N–H and O–H groups in total. The molecule has 1 heterocycles. The van der Waals surface area contributed by atoms with E-state index < -0.39 is 0 Å². The maximum atomic E-state index is 12.6. The Morgan fingerprint density at radius 2 is 1.45 bits per heavy atom. The molecule has 0 aliphatic carbocycles. The first kappa shape index (κ1) is 18.8. The van der Waals surface area contributed by atoms with Crippen LogP contribution in [0.4, 0.5) is 0 Å². The standard InChI is InChI=1S/C25H22O4/c1-25(2,3)29-19-11-9-17(10-12-19)23-16-22(26)21-14-13-20(15-24(21)28-23)27-18-7-5-4-6-8-18/h4-16H,1-3H3. The van der Waals surface area contributed by atoms with Crippen molar-refractivity contribution in [2.24, 2.45) is 0 Å². The summed E-state index contributed by atoms with van der Waals surface area (Å²) in [4.78, 5) is 12.6. The minimum atomic E-state index is -0.272. The summed E-state index contributed by atoms with van der Waals surface area (Å²) >= 11 is 0. The second-order valence-electron chi connectivity index (χ2n) is 7.79. The van der Waals surface area contributed by atoms with Crippen LogP contribution in [0.25, 0.3) is 22.3 Å². The van der Waals surface area contributed by atoms with Crippen LogP contribution in [0.1, 0.15) is 20.8 Å². The normalized spacial score (nSPS) is 11.4. The average Bonchev–Trinajstić information content (AvgIpc) is 2.68. The van der Waals surface area contributed by atoms with Gasteiger partial charge in [0.2, 0.25) is 0 Å². The molecule has 4 rings (SSSR count). The highest BCUT2D eigenvalue weighted by Crippen LogP contribution is 2.29. The van der Waals surface area contributed by atoms with E-state index in [0.717, 1.165) is 17.1 Å². The van der Waals surface area contributed by atoms with Crippen molar-refractivity contribution in [3.05, 3.63) is 89.1 Å². The first-order valence-electron chi connectivity index (χ1n) is 9.48. The van der Waals surface area contributed by atoms with Gasteiger partial charge >= 0.3 is 0 Å². The molecule has 4 nitrogen and oxygen atoms in total. The molecule has 0 bridgehead atoms. The fourth-order valence-corrected chi connectivity index (χ4v) is 3.01. The van der Waals surface area contributed by atoms with Crippen molar-refractivity contribution in [3.63, 3.8) is 0 Å². The quantitative estimate of drug-likeness (QED) is 0.405. The average molecular weight is 386 g/mol. The maximum Gasteiger partial charge on any atom is 0.193 e. The molecule has 1 aromatic heterocycles. The molecule has 0 aliphatic heterocycles. The van der Waals surface area contributed by atoms with Gasteiger partial charge in [0.15, 0.2) is 5.43 Å². The Morgan fingerprint density at radius 3 is 2.14 bits per heavy atom.